The van der Waals surface area contributed by atoms with E-state index in [1.165, 1.54) is 5.56 Å². The predicted octanol–water partition coefficient (Wildman–Crippen LogP) is 3.02. The molecule has 1 atom stereocenters. The largest absolute Gasteiger partial charge is 0.325 e. The number of likely N-dealkylation sites (tertiary alicyclic amines) is 1. The minimum absolute atomic E-state index is 0.0511. The summed E-state index contributed by atoms with van der Waals surface area (Å²) in [6.45, 7) is 1.18. The molecule has 114 valence electrons. The van der Waals surface area contributed by atoms with E-state index in [-0.39, 0.29) is 5.91 Å². The molecule has 1 spiro atoms. The highest BCUT2D eigenvalue weighted by Gasteiger charge is 2.47. The number of benzene rings is 2. The molecule has 2 aromatic carbocycles. The van der Waals surface area contributed by atoms with Gasteiger partial charge < -0.3 is 10.2 Å². The van der Waals surface area contributed by atoms with Crippen molar-refractivity contribution < 1.29 is 4.79 Å². The molecule has 0 aliphatic carbocycles. The van der Waals surface area contributed by atoms with Crippen LogP contribution in [0.15, 0.2) is 48.5 Å². The highest BCUT2D eigenvalue weighted by Crippen LogP contribution is 2.41. The van der Waals surface area contributed by atoms with Crippen molar-refractivity contribution in [2.24, 2.45) is 5.41 Å². The lowest BCUT2D eigenvalue weighted by atomic mass is 9.76. The van der Waals surface area contributed by atoms with Gasteiger partial charge in [-0.15, -0.1) is 0 Å². The Hall–Kier alpha value is -2.80. The minimum Gasteiger partial charge on any atom is -0.325 e. The molecule has 2 aliphatic rings. The summed E-state index contributed by atoms with van der Waals surface area (Å²) in [5, 5.41) is 12.1. The van der Waals surface area contributed by atoms with Crippen LogP contribution in [0.25, 0.3) is 11.1 Å². The molecule has 4 heteroatoms. The van der Waals surface area contributed by atoms with Gasteiger partial charge in [0.25, 0.3) is 0 Å². The Kier molecular flexibility index (Phi) is 3.09. The SMILES string of the molecule is N#CN1CCC2(Cc3cc(-c4ccccc4)ccc3NC2=O)C1. The smallest absolute Gasteiger partial charge is 0.232 e. The van der Waals surface area contributed by atoms with Gasteiger partial charge >= 0.3 is 0 Å². The zero-order chi connectivity index (χ0) is 15.9. The summed E-state index contributed by atoms with van der Waals surface area (Å²) in [6.07, 6.45) is 3.61. The molecule has 1 saturated heterocycles. The summed E-state index contributed by atoms with van der Waals surface area (Å²) < 4.78 is 0. The van der Waals surface area contributed by atoms with E-state index in [2.05, 4.69) is 29.7 Å². The third kappa shape index (κ3) is 2.25. The normalized spacial score (nSPS) is 22.6. The van der Waals surface area contributed by atoms with Gasteiger partial charge in [-0.2, -0.15) is 5.26 Å². The summed E-state index contributed by atoms with van der Waals surface area (Å²) >= 11 is 0. The molecule has 0 saturated carbocycles. The molecule has 2 aliphatic heterocycles. The first-order valence-corrected chi connectivity index (χ1v) is 7.85. The van der Waals surface area contributed by atoms with Crippen LogP contribution in [0.5, 0.6) is 0 Å². The number of anilines is 1. The summed E-state index contributed by atoms with van der Waals surface area (Å²) in [7, 11) is 0. The number of nitriles is 1. The topological polar surface area (TPSA) is 56.1 Å². The van der Waals surface area contributed by atoms with E-state index in [0.29, 0.717) is 19.5 Å². The lowest BCUT2D eigenvalue weighted by Crippen LogP contribution is -2.43. The second kappa shape index (κ2) is 5.13. The van der Waals surface area contributed by atoms with Gasteiger partial charge in [0.1, 0.15) is 0 Å². The Bertz CT molecular complexity index is 809. The fourth-order valence-electron chi connectivity index (χ4n) is 3.66. The number of hydrogen-bond donors (Lipinski definition) is 1. The van der Waals surface area contributed by atoms with Crippen LogP contribution in [-0.4, -0.2) is 23.9 Å². The van der Waals surface area contributed by atoms with Crippen molar-refractivity contribution in [3.05, 3.63) is 54.1 Å². The molecule has 0 bridgehead atoms. The third-order valence-corrected chi connectivity index (χ3v) is 4.97. The van der Waals surface area contributed by atoms with Gasteiger partial charge in [0.15, 0.2) is 6.19 Å². The second-order valence-electron chi connectivity index (χ2n) is 6.42. The van der Waals surface area contributed by atoms with Crippen molar-refractivity contribution in [1.82, 2.24) is 4.90 Å². The number of rotatable bonds is 1. The predicted molar refractivity (Wildman–Crippen MR) is 88.4 cm³/mol. The molecule has 1 amide bonds. The van der Waals surface area contributed by atoms with Crippen LogP contribution < -0.4 is 5.32 Å². The van der Waals surface area contributed by atoms with Crippen LogP contribution in [-0.2, 0) is 11.2 Å². The first-order valence-electron chi connectivity index (χ1n) is 7.85. The quantitative estimate of drug-likeness (QED) is 0.824. The van der Waals surface area contributed by atoms with Gasteiger partial charge in [-0.1, -0.05) is 36.4 Å². The van der Waals surface area contributed by atoms with Gasteiger partial charge in [0.2, 0.25) is 5.91 Å². The van der Waals surface area contributed by atoms with E-state index in [1.54, 1.807) is 4.90 Å². The highest BCUT2D eigenvalue weighted by molar-refractivity contribution is 5.99. The van der Waals surface area contributed by atoms with Crippen molar-refractivity contribution in [2.75, 3.05) is 18.4 Å². The van der Waals surface area contributed by atoms with Crippen LogP contribution in [0.2, 0.25) is 0 Å². The zero-order valence-corrected chi connectivity index (χ0v) is 12.7. The number of nitrogens with one attached hydrogen (secondary N) is 1. The molecular weight excluding hydrogens is 286 g/mol. The fraction of sp³-hybridized carbons (Fsp3) is 0.263. The molecule has 0 radical (unpaired) electrons. The Morgan fingerprint density at radius 3 is 2.70 bits per heavy atom. The third-order valence-electron chi connectivity index (χ3n) is 4.97. The average molecular weight is 303 g/mol. The van der Waals surface area contributed by atoms with Gasteiger partial charge in [0.05, 0.1) is 5.41 Å². The Balaban J connectivity index is 1.71. The van der Waals surface area contributed by atoms with Gasteiger partial charge in [-0.05, 0) is 41.7 Å². The van der Waals surface area contributed by atoms with Crippen LogP contribution in [0, 0.1) is 16.9 Å². The van der Waals surface area contributed by atoms with Crippen LogP contribution in [0.3, 0.4) is 0 Å². The van der Waals surface area contributed by atoms with Crippen molar-refractivity contribution in [1.29, 1.82) is 5.26 Å². The number of carbonyl (C=O) groups is 1. The molecule has 1 fully saturated rings. The van der Waals surface area contributed by atoms with E-state index >= 15 is 0 Å². The molecular formula is C19H17N3O. The van der Waals surface area contributed by atoms with Crippen LogP contribution >= 0.6 is 0 Å². The van der Waals surface area contributed by atoms with Crippen LogP contribution in [0.1, 0.15) is 12.0 Å². The molecule has 23 heavy (non-hydrogen) atoms. The minimum atomic E-state index is -0.460. The van der Waals surface area contributed by atoms with Crippen molar-refractivity contribution >= 4 is 11.6 Å². The van der Waals surface area contributed by atoms with Crippen molar-refractivity contribution in [2.45, 2.75) is 12.8 Å². The Morgan fingerprint density at radius 2 is 1.96 bits per heavy atom. The van der Waals surface area contributed by atoms with Gasteiger partial charge in [0, 0.05) is 18.8 Å². The number of fused-ring (bicyclic) bond motifs is 1. The lowest BCUT2D eigenvalue weighted by Gasteiger charge is -2.33. The Morgan fingerprint density at radius 1 is 1.13 bits per heavy atom. The first kappa shape index (κ1) is 13.8. The molecule has 0 aromatic heterocycles. The van der Waals surface area contributed by atoms with Gasteiger partial charge in [-0.3, -0.25) is 4.79 Å². The standard InChI is InChI=1S/C19H17N3O/c20-13-22-9-8-19(12-22)11-16-10-15(14-4-2-1-3-5-14)6-7-17(16)21-18(19)23/h1-7,10H,8-9,11-12H2,(H,21,23). The maximum absolute atomic E-state index is 12.6. The maximum atomic E-state index is 12.6. The summed E-state index contributed by atoms with van der Waals surface area (Å²) in [6, 6.07) is 16.4. The first-order chi connectivity index (χ1) is 11.2. The molecule has 1 unspecified atom stereocenters. The molecule has 4 nitrogen and oxygen atoms in total. The summed E-state index contributed by atoms with van der Waals surface area (Å²) in [5.41, 5.74) is 3.93. The van der Waals surface area contributed by atoms with E-state index in [9.17, 15) is 4.79 Å². The monoisotopic (exact) mass is 303 g/mol. The van der Waals surface area contributed by atoms with Crippen molar-refractivity contribution in [3.8, 4) is 17.3 Å². The molecule has 2 aromatic rings. The molecule has 4 rings (SSSR count). The Labute approximate surface area is 135 Å². The van der Waals surface area contributed by atoms with Gasteiger partial charge in [-0.25, -0.2) is 0 Å². The van der Waals surface area contributed by atoms with E-state index in [0.717, 1.165) is 23.2 Å². The van der Waals surface area contributed by atoms with E-state index in [1.807, 2.05) is 30.3 Å². The van der Waals surface area contributed by atoms with Crippen LogP contribution in [0.4, 0.5) is 5.69 Å². The molecule has 2 heterocycles. The van der Waals surface area contributed by atoms with Crippen molar-refractivity contribution in [3.63, 3.8) is 0 Å². The van der Waals surface area contributed by atoms with E-state index in [4.69, 9.17) is 5.26 Å². The average Bonchev–Trinajstić information content (AvgIpc) is 3.01. The highest BCUT2D eigenvalue weighted by atomic mass is 16.2. The zero-order valence-electron chi connectivity index (χ0n) is 12.7. The number of carbonyl (C=O) groups excluding carboxylic acids is 1. The summed E-state index contributed by atoms with van der Waals surface area (Å²) in [4.78, 5) is 14.2. The maximum Gasteiger partial charge on any atom is 0.232 e. The summed E-state index contributed by atoms with van der Waals surface area (Å²) in [5.74, 6) is 0.0511. The number of amides is 1. The lowest BCUT2D eigenvalue weighted by molar-refractivity contribution is -0.125. The van der Waals surface area contributed by atoms with E-state index < -0.39 is 5.41 Å². The molecule has 1 N–H and O–H groups in total. The number of hydrogen-bond acceptors (Lipinski definition) is 3. The fourth-order valence-corrected chi connectivity index (χ4v) is 3.66. The second-order valence-corrected chi connectivity index (χ2v) is 6.42. The number of nitrogens with zero attached hydrogens (tertiary/aromatic N) is 2.